The number of fused-ring (bicyclic) bond motifs is 1. The summed E-state index contributed by atoms with van der Waals surface area (Å²) in [7, 11) is 0. The van der Waals surface area contributed by atoms with Crippen LogP contribution in [0.2, 0.25) is 0 Å². The van der Waals surface area contributed by atoms with Gasteiger partial charge in [0.1, 0.15) is 5.54 Å². The second-order valence-corrected chi connectivity index (χ2v) is 6.70. The van der Waals surface area contributed by atoms with Crippen LogP contribution < -0.4 is 11.1 Å². The molecule has 1 atom stereocenters. The molecule has 4 nitrogen and oxygen atoms in total. The van der Waals surface area contributed by atoms with Crippen LogP contribution in [0.15, 0.2) is 30.3 Å². The summed E-state index contributed by atoms with van der Waals surface area (Å²) in [4.78, 5) is 18.3. The maximum absolute atomic E-state index is 12.5. The Morgan fingerprint density at radius 2 is 2.00 bits per heavy atom. The van der Waals surface area contributed by atoms with E-state index in [0.717, 1.165) is 24.1 Å². The molecule has 1 unspecified atom stereocenters. The van der Waals surface area contributed by atoms with Crippen molar-refractivity contribution in [3.63, 3.8) is 0 Å². The Hall–Kier alpha value is -1.72. The van der Waals surface area contributed by atoms with Crippen LogP contribution in [0.3, 0.4) is 0 Å². The van der Waals surface area contributed by atoms with Gasteiger partial charge in [-0.05, 0) is 38.2 Å². The molecule has 1 aromatic heterocycles. The third kappa shape index (κ3) is 2.84. The number of aromatic nitrogens is 1. The first-order valence-electron chi connectivity index (χ1n) is 7.22. The molecular weight excluding hydrogens is 282 g/mol. The van der Waals surface area contributed by atoms with Crippen molar-refractivity contribution in [2.24, 2.45) is 5.73 Å². The minimum absolute atomic E-state index is 0.222. The van der Waals surface area contributed by atoms with Crippen molar-refractivity contribution in [1.82, 2.24) is 4.98 Å². The Labute approximate surface area is 128 Å². The monoisotopic (exact) mass is 301 g/mol. The second-order valence-electron chi connectivity index (χ2n) is 5.62. The maximum atomic E-state index is 12.5. The zero-order chi connectivity index (χ0) is 14.9. The summed E-state index contributed by atoms with van der Waals surface area (Å²) in [5.41, 5.74) is 7.09. The van der Waals surface area contributed by atoms with Gasteiger partial charge >= 0.3 is 0 Å². The van der Waals surface area contributed by atoms with Crippen LogP contribution >= 0.6 is 11.3 Å². The van der Waals surface area contributed by atoms with Gasteiger partial charge in [-0.3, -0.25) is 4.79 Å². The smallest absolute Gasteiger partial charge is 0.250 e. The third-order valence-corrected chi connectivity index (χ3v) is 4.98. The molecule has 5 heteroatoms. The average molecular weight is 301 g/mol. The number of rotatable bonds is 3. The number of benzene rings is 1. The first-order chi connectivity index (χ1) is 10.1. The quantitative estimate of drug-likeness (QED) is 0.916. The van der Waals surface area contributed by atoms with Crippen molar-refractivity contribution in [1.29, 1.82) is 0 Å². The number of anilines is 1. The van der Waals surface area contributed by atoms with E-state index in [-0.39, 0.29) is 5.91 Å². The Morgan fingerprint density at radius 3 is 2.71 bits per heavy atom. The lowest BCUT2D eigenvalue weighted by Gasteiger charge is -2.23. The summed E-state index contributed by atoms with van der Waals surface area (Å²) in [5, 5.41) is 3.55. The molecule has 0 aliphatic heterocycles. The highest BCUT2D eigenvalue weighted by molar-refractivity contribution is 7.15. The number of nitrogens with one attached hydrogen (secondary N) is 1. The van der Waals surface area contributed by atoms with Gasteiger partial charge in [-0.15, -0.1) is 11.3 Å². The van der Waals surface area contributed by atoms with Crippen LogP contribution in [0.4, 0.5) is 5.13 Å². The molecule has 3 rings (SSSR count). The van der Waals surface area contributed by atoms with Gasteiger partial charge in [0.2, 0.25) is 0 Å². The van der Waals surface area contributed by atoms with Crippen molar-refractivity contribution >= 4 is 22.4 Å². The van der Waals surface area contributed by atoms with Crippen molar-refractivity contribution in [3.05, 3.63) is 46.5 Å². The lowest BCUT2D eigenvalue weighted by Crippen LogP contribution is -2.45. The summed E-state index contributed by atoms with van der Waals surface area (Å²) >= 11 is 1.58. The number of nitrogens with zero attached hydrogens (tertiary/aromatic N) is 1. The molecule has 1 aromatic carbocycles. The van der Waals surface area contributed by atoms with E-state index in [1.165, 1.54) is 17.7 Å². The summed E-state index contributed by atoms with van der Waals surface area (Å²) in [6.07, 6.45) is 4.48. The largest absolute Gasteiger partial charge is 0.314 e. The molecule has 3 N–H and O–H groups in total. The van der Waals surface area contributed by atoms with Crippen molar-refractivity contribution < 1.29 is 4.79 Å². The first kappa shape index (κ1) is 14.2. The van der Waals surface area contributed by atoms with Crippen LogP contribution in [-0.2, 0) is 23.2 Å². The topological polar surface area (TPSA) is 68.0 Å². The van der Waals surface area contributed by atoms with E-state index in [1.54, 1.807) is 18.3 Å². The molecule has 2 aromatic rings. The van der Waals surface area contributed by atoms with Crippen LogP contribution in [0, 0.1) is 0 Å². The normalized spacial score (nSPS) is 16.9. The van der Waals surface area contributed by atoms with Gasteiger partial charge < -0.3 is 11.1 Å². The summed E-state index contributed by atoms with van der Waals surface area (Å²) < 4.78 is 0. The number of amides is 1. The predicted molar refractivity (Wildman–Crippen MR) is 85.4 cm³/mol. The van der Waals surface area contributed by atoms with Gasteiger partial charge in [-0.25, -0.2) is 4.98 Å². The van der Waals surface area contributed by atoms with Crippen LogP contribution in [0.25, 0.3) is 0 Å². The number of carbonyl (C=O) groups excluding carboxylic acids is 1. The molecule has 0 spiro atoms. The van der Waals surface area contributed by atoms with Crippen molar-refractivity contribution in [3.8, 4) is 0 Å². The first-order valence-corrected chi connectivity index (χ1v) is 8.03. The fraction of sp³-hybridized carbons (Fsp3) is 0.375. The number of nitrogens with two attached hydrogens (primary N) is 1. The van der Waals surface area contributed by atoms with E-state index >= 15 is 0 Å². The standard InChI is InChI=1S/C16H19N3OS/c1-16(17,11-7-3-2-4-8-11)14(20)19-15-18-12-9-5-6-10-13(12)21-15/h2-4,7-8H,5-6,9-10,17H2,1H3,(H,18,19,20). The molecule has 0 saturated carbocycles. The van der Waals surface area contributed by atoms with Crippen LogP contribution in [0.1, 0.15) is 35.9 Å². The Balaban J connectivity index is 1.78. The highest BCUT2D eigenvalue weighted by atomic mass is 32.1. The number of thiazole rings is 1. The van der Waals surface area contributed by atoms with Gasteiger partial charge in [0.25, 0.3) is 5.91 Å². The minimum Gasteiger partial charge on any atom is -0.314 e. The molecule has 110 valence electrons. The molecule has 0 radical (unpaired) electrons. The van der Waals surface area contributed by atoms with Crippen LogP contribution in [-0.4, -0.2) is 10.9 Å². The van der Waals surface area contributed by atoms with Crippen molar-refractivity contribution in [2.45, 2.75) is 38.1 Å². The molecule has 1 amide bonds. The molecular formula is C16H19N3OS. The predicted octanol–water partition coefficient (Wildman–Crippen LogP) is 2.83. The van der Waals surface area contributed by atoms with Crippen LogP contribution in [0.5, 0.6) is 0 Å². The third-order valence-electron chi connectivity index (χ3n) is 3.91. The van der Waals surface area contributed by atoms with E-state index < -0.39 is 5.54 Å². The van der Waals surface area contributed by atoms with E-state index in [1.807, 2.05) is 30.3 Å². The van der Waals surface area contributed by atoms with Gasteiger partial charge in [0.15, 0.2) is 5.13 Å². The molecule has 0 bridgehead atoms. The number of aryl methyl sites for hydroxylation is 2. The maximum Gasteiger partial charge on any atom is 0.250 e. The van der Waals surface area contributed by atoms with E-state index in [0.29, 0.717) is 5.13 Å². The van der Waals surface area contributed by atoms with Gasteiger partial charge in [-0.1, -0.05) is 30.3 Å². The number of hydrogen-bond acceptors (Lipinski definition) is 4. The number of carbonyl (C=O) groups is 1. The summed E-state index contributed by atoms with van der Waals surface area (Å²) in [6.45, 7) is 1.73. The zero-order valence-electron chi connectivity index (χ0n) is 12.1. The fourth-order valence-electron chi connectivity index (χ4n) is 2.55. The molecule has 21 heavy (non-hydrogen) atoms. The van der Waals surface area contributed by atoms with Gasteiger partial charge in [0.05, 0.1) is 5.69 Å². The Bertz CT molecular complexity index is 625. The highest BCUT2D eigenvalue weighted by Gasteiger charge is 2.31. The summed E-state index contributed by atoms with van der Waals surface area (Å²) in [5.74, 6) is -0.222. The molecule has 0 saturated heterocycles. The molecule has 1 heterocycles. The Morgan fingerprint density at radius 1 is 1.29 bits per heavy atom. The average Bonchev–Trinajstić information content (AvgIpc) is 2.90. The zero-order valence-corrected chi connectivity index (χ0v) is 12.9. The Kier molecular flexibility index (Phi) is 3.78. The minimum atomic E-state index is -1.06. The SMILES string of the molecule is CC(N)(C(=O)Nc1nc2c(s1)CCCC2)c1ccccc1. The summed E-state index contributed by atoms with van der Waals surface area (Å²) in [6, 6.07) is 9.41. The second kappa shape index (κ2) is 5.58. The highest BCUT2D eigenvalue weighted by Crippen LogP contribution is 2.30. The lowest BCUT2D eigenvalue weighted by atomic mass is 9.92. The fourth-order valence-corrected chi connectivity index (χ4v) is 3.59. The van der Waals surface area contributed by atoms with E-state index in [9.17, 15) is 4.79 Å². The molecule has 1 aliphatic rings. The van der Waals surface area contributed by atoms with Gasteiger partial charge in [0, 0.05) is 4.88 Å². The van der Waals surface area contributed by atoms with E-state index in [4.69, 9.17) is 5.73 Å². The molecule has 1 aliphatic carbocycles. The lowest BCUT2D eigenvalue weighted by molar-refractivity contribution is -0.120. The van der Waals surface area contributed by atoms with Gasteiger partial charge in [-0.2, -0.15) is 0 Å². The number of hydrogen-bond donors (Lipinski definition) is 2. The van der Waals surface area contributed by atoms with Crippen molar-refractivity contribution in [2.75, 3.05) is 5.32 Å². The van der Waals surface area contributed by atoms with E-state index in [2.05, 4.69) is 10.3 Å². The molecule has 0 fully saturated rings.